The molecule has 0 saturated carbocycles. The van der Waals surface area contributed by atoms with Gasteiger partial charge in [0, 0.05) is 48.1 Å². The molecule has 6 heteroatoms. The zero-order valence-corrected chi connectivity index (χ0v) is 15.9. The van der Waals surface area contributed by atoms with Crippen LogP contribution in [0.2, 0.25) is 0 Å². The summed E-state index contributed by atoms with van der Waals surface area (Å²) < 4.78 is 5.85. The molecule has 2 aliphatic heterocycles. The molecule has 29 heavy (non-hydrogen) atoms. The molecule has 2 atom stereocenters. The Kier molecular flexibility index (Phi) is 4.71. The SMILES string of the molecule is O=C(NCC1CNNC1c1ccccc1)c1ccc2c(c1)OCc1cnccc1-2. The number of hydrogen-bond donors (Lipinski definition) is 3. The number of rotatable bonds is 4. The second kappa shape index (κ2) is 7.66. The molecular formula is C23H22N4O2. The largest absolute Gasteiger partial charge is 0.488 e. The molecule has 0 spiro atoms. The summed E-state index contributed by atoms with van der Waals surface area (Å²) in [6, 6.07) is 18.1. The zero-order chi connectivity index (χ0) is 19.6. The average molecular weight is 386 g/mol. The van der Waals surface area contributed by atoms with Gasteiger partial charge in [-0.1, -0.05) is 30.3 Å². The van der Waals surface area contributed by atoms with Crippen LogP contribution >= 0.6 is 0 Å². The summed E-state index contributed by atoms with van der Waals surface area (Å²) in [7, 11) is 0. The van der Waals surface area contributed by atoms with E-state index in [4.69, 9.17) is 4.74 Å². The average Bonchev–Trinajstić information content (AvgIpc) is 3.26. The van der Waals surface area contributed by atoms with Gasteiger partial charge in [-0.25, -0.2) is 5.43 Å². The van der Waals surface area contributed by atoms with Crippen molar-refractivity contribution in [3.63, 3.8) is 0 Å². The predicted octanol–water partition coefficient (Wildman–Crippen LogP) is 2.84. The van der Waals surface area contributed by atoms with Gasteiger partial charge in [-0.2, -0.15) is 0 Å². The Labute approximate surface area is 169 Å². The van der Waals surface area contributed by atoms with Crippen LogP contribution in [0.5, 0.6) is 5.75 Å². The van der Waals surface area contributed by atoms with Crippen LogP contribution in [0.1, 0.15) is 27.5 Å². The first-order valence-electron chi connectivity index (χ1n) is 9.81. The number of carbonyl (C=O) groups excluding carboxylic acids is 1. The number of nitrogens with zero attached hydrogens (tertiary/aromatic N) is 1. The lowest BCUT2D eigenvalue weighted by Gasteiger charge is -2.21. The van der Waals surface area contributed by atoms with Crippen LogP contribution in [0, 0.1) is 5.92 Å². The Morgan fingerprint density at radius 1 is 1.14 bits per heavy atom. The maximum Gasteiger partial charge on any atom is 0.251 e. The highest BCUT2D eigenvalue weighted by atomic mass is 16.5. The highest BCUT2D eigenvalue weighted by Gasteiger charge is 2.28. The van der Waals surface area contributed by atoms with Gasteiger partial charge in [0.1, 0.15) is 12.4 Å². The van der Waals surface area contributed by atoms with Crippen LogP contribution in [0.15, 0.2) is 67.0 Å². The lowest BCUT2D eigenvalue weighted by atomic mass is 9.94. The van der Waals surface area contributed by atoms with Crippen LogP contribution in [0.4, 0.5) is 0 Å². The fraction of sp³-hybridized carbons (Fsp3) is 0.217. The van der Waals surface area contributed by atoms with Crippen molar-refractivity contribution in [3.05, 3.63) is 83.7 Å². The Morgan fingerprint density at radius 2 is 2.03 bits per heavy atom. The molecular weight excluding hydrogens is 364 g/mol. The van der Waals surface area contributed by atoms with Crippen LogP contribution in [-0.2, 0) is 6.61 Å². The summed E-state index contributed by atoms with van der Waals surface area (Å²) >= 11 is 0. The molecule has 5 rings (SSSR count). The van der Waals surface area contributed by atoms with E-state index in [1.54, 1.807) is 6.20 Å². The number of benzene rings is 2. The lowest BCUT2D eigenvalue weighted by molar-refractivity contribution is 0.0946. The summed E-state index contributed by atoms with van der Waals surface area (Å²) in [5, 5.41) is 3.08. The van der Waals surface area contributed by atoms with Crippen molar-refractivity contribution >= 4 is 5.91 Å². The van der Waals surface area contributed by atoms with Gasteiger partial charge in [-0.05, 0) is 35.4 Å². The third kappa shape index (κ3) is 3.48. The quantitative estimate of drug-likeness (QED) is 0.643. The predicted molar refractivity (Wildman–Crippen MR) is 110 cm³/mol. The van der Waals surface area contributed by atoms with Crippen molar-refractivity contribution < 1.29 is 9.53 Å². The van der Waals surface area contributed by atoms with E-state index in [1.165, 1.54) is 5.56 Å². The number of hydrazine groups is 1. The van der Waals surface area contributed by atoms with Gasteiger partial charge in [0.2, 0.25) is 0 Å². The van der Waals surface area contributed by atoms with E-state index < -0.39 is 0 Å². The summed E-state index contributed by atoms with van der Waals surface area (Å²) in [6.07, 6.45) is 3.60. The van der Waals surface area contributed by atoms with E-state index in [0.717, 1.165) is 29.0 Å². The Morgan fingerprint density at radius 3 is 2.93 bits per heavy atom. The van der Waals surface area contributed by atoms with Gasteiger partial charge in [0.05, 0.1) is 6.04 Å². The topological polar surface area (TPSA) is 75.3 Å². The van der Waals surface area contributed by atoms with Crippen LogP contribution < -0.4 is 20.9 Å². The number of hydrogen-bond acceptors (Lipinski definition) is 5. The Hall–Kier alpha value is -3.22. The monoisotopic (exact) mass is 386 g/mol. The molecule has 2 unspecified atom stereocenters. The first-order chi connectivity index (χ1) is 14.3. The van der Waals surface area contributed by atoms with E-state index in [0.29, 0.717) is 18.7 Å². The molecule has 0 aliphatic carbocycles. The zero-order valence-electron chi connectivity index (χ0n) is 15.9. The molecule has 0 radical (unpaired) electrons. The van der Waals surface area contributed by atoms with Crippen molar-refractivity contribution in [1.29, 1.82) is 0 Å². The van der Waals surface area contributed by atoms with E-state index in [-0.39, 0.29) is 17.9 Å². The Bertz CT molecular complexity index is 1040. The minimum Gasteiger partial charge on any atom is -0.488 e. The van der Waals surface area contributed by atoms with Crippen molar-refractivity contribution in [2.45, 2.75) is 12.6 Å². The van der Waals surface area contributed by atoms with Gasteiger partial charge in [-0.3, -0.25) is 15.2 Å². The Balaban J connectivity index is 1.29. The first-order valence-corrected chi connectivity index (χ1v) is 9.81. The minimum absolute atomic E-state index is 0.0874. The molecule has 3 heterocycles. The van der Waals surface area contributed by atoms with E-state index in [1.807, 2.05) is 48.7 Å². The van der Waals surface area contributed by atoms with Crippen LogP contribution in [0.3, 0.4) is 0 Å². The second-order valence-electron chi connectivity index (χ2n) is 7.42. The van der Waals surface area contributed by atoms with E-state index >= 15 is 0 Å². The number of fused-ring (bicyclic) bond motifs is 3. The third-order valence-corrected chi connectivity index (χ3v) is 5.60. The molecule has 0 bridgehead atoms. The van der Waals surface area contributed by atoms with Crippen molar-refractivity contribution in [1.82, 2.24) is 21.2 Å². The maximum absolute atomic E-state index is 12.8. The molecule has 1 fully saturated rings. The summed E-state index contributed by atoms with van der Waals surface area (Å²) in [5.41, 5.74) is 11.5. The lowest BCUT2D eigenvalue weighted by Crippen LogP contribution is -2.32. The molecule has 1 amide bonds. The molecule has 3 aromatic rings. The number of nitrogens with one attached hydrogen (secondary N) is 3. The highest BCUT2D eigenvalue weighted by molar-refractivity contribution is 5.95. The number of ether oxygens (including phenoxy) is 1. The molecule has 3 N–H and O–H groups in total. The van der Waals surface area contributed by atoms with E-state index in [9.17, 15) is 4.79 Å². The molecule has 6 nitrogen and oxygen atoms in total. The fourth-order valence-corrected chi connectivity index (χ4v) is 4.03. The number of aromatic nitrogens is 1. The van der Waals surface area contributed by atoms with E-state index in [2.05, 4.69) is 33.3 Å². The van der Waals surface area contributed by atoms with Crippen molar-refractivity contribution in [2.75, 3.05) is 13.1 Å². The highest BCUT2D eigenvalue weighted by Crippen LogP contribution is 2.37. The van der Waals surface area contributed by atoms with Gasteiger partial charge in [0.15, 0.2) is 0 Å². The minimum atomic E-state index is -0.0874. The third-order valence-electron chi connectivity index (χ3n) is 5.60. The van der Waals surface area contributed by atoms with Gasteiger partial charge >= 0.3 is 0 Å². The number of pyridine rings is 1. The molecule has 146 valence electrons. The normalized spacial score (nSPS) is 19.7. The van der Waals surface area contributed by atoms with Crippen LogP contribution in [-0.4, -0.2) is 24.0 Å². The van der Waals surface area contributed by atoms with Crippen molar-refractivity contribution in [3.8, 4) is 16.9 Å². The fourth-order valence-electron chi connectivity index (χ4n) is 4.03. The van der Waals surface area contributed by atoms with Gasteiger partial charge in [-0.15, -0.1) is 0 Å². The number of carbonyl (C=O) groups is 1. The summed E-state index contributed by atoms with van der Waals surface area (Å²) in [5.74, 6) is 0.924. The molecule has 1 saturated heterocycles. The summed E-state index contributed by atoms with van der Waals surface area (Å²) in [4.78, 5) is 16.9. The van der Waals surface area contributed by atoms with Gasteiger partial charge in [0.25, 0.3) is 5.91 Å². The maximum atomic E-state index is 12.8. The molecule has 2 aromatic carbocycles. The second-order valence-corrected chi connectivity index (χ2v) is 7.42. The van der Waals surface area contributed by atoms with Crippen molar-refractivity contribution in [2.24, 2.45) is 5.92 Å². The first kappa shape index (κ1) is 17.8. The smallest absolute Gasteiger partial charge is 0.251 e. The van der Waals surface area contributed by atoms with Crippen LogP contribution in [0.25, 0.3) is 11.1 Å². The standard InChI is InChI=1S/C23H22N4O2/c28-23(25-12-17-13-26-27-22(17)15-4-2-1-3-5-15)16-6-7-20-19-8-9-24-11-18(19)14-29-21(20)10-16/h1-11,17,22,26-27H,12-14H2,(H,25,28). The number of amides is 1. The summed E-state index contributed by atoms with van der Waals surface area (Å²) in [6.45, 7) is 1.86. The molecule has 2 aliphatic rings. The van der Waals surface area contributed by atoms with Gasteiger partial charge < -0.3 is 10.1 Å². The molecule has 1 aromatic heterocycles.